The molecule has 0 saturated heterocycles. The highest BCUT2D eigenvalue weighted by atomic mass is 32.1. The smallest absolute Gasteiger partial charge is 0.342 e. The predicted octanol–water partition coefficient (Wildman–Crippen LogP) is 5.61. The van der Waals surface area contributed by atoms with E-state index in [-0.39, 0.29) is 6.42 Å². The van der Waals surface area contributed by atoms with Gasteiger partial charge in [-0.05, 0) is 65.7 Å². The summed E-state index contributed by atoms with van der Waals surface area (Å²) in [5, 5.41) is 11.8. The van der Waals surface area contributed by atoms with Gasteiger partial charge in [-0.1, -0.05) is 36.4 Å². The van der Waals surface area contributed by atoms with E-state index in [1.807, 2.05) is 30.3 Å². The van der Waals surface area contributed by atoms with Gasteiger partial charge in [0.15, 0.2) is 6.29 Å². The lowest BCUT2D eigenvalue weighted by Gasteiger charge is -2.26. The molecular weight excluding hydrogens is 568 g/mol. The Morgan fingerprint density at radius 1 is 0.837 bits per heavy atom. The molecule has 1 aliphatic heterocycles. The van der Waals surface area contributed by atoms with E-state index in [1.54, 1.807) is 82.0 Å². The second-order valence-corrected chi connectivity index (χ2v) is 9.96. The van der Waals surface area contributed by atoms with Gasteiger partial charge in [-0.15, -0.1) is 0 Å². The van der Waals surface area contributed by atoms with E-state index in [2.05, 4.69) is 8.75 Å². The normalized spacial score (nSPS) is 15.9. The second kappa shape index (κ2) is 12.8. The summed E-state index contributed by atoms with van der Waals surface area (Å²) in [6, 6.07) is 26.8. The third-order valence-corrected chi connectivity index (χ3v) is 7.56. The summed E-state index contributed by atoms with van der Waals surface area (Å²) in [7, 11) is 4.69. The Morgan fingerprint density at radius 2 is 1.51 bits per heavy atom. The largest absolute Gasteiger partial charge is 0.497 e. The number of esters is 1. The van der Waals surface area contributed by atoms with E-state index in [1.165, 1.54) is 0 Å². The molecule has 1 unspecified atom stereocenters. The van der Waals surface area contributed by atoms with Gasteiger partial charge in [-0.2, -0.15) is 8.75 Å². The van der Waals surface area contributed by atoms with E-state index in [0.717, 1.165) is 29.1 Å². The van der Waals surface area contributed by atoms with Crippen molar-refractivity contribution in [1.82, 2.24) is 8.75 Å². The fraction of sp³-hybridized carbons (Fsp3) is 0.152. The number of methoxy groups -OCH3 is 3. The lowest BCUT2D eigenvalue weighted by atomic mass is 9.87. The SMILES string of the molecule is COc1ccc(C2(O)OC(=O)C(c3ccc4nsnc4c3)=C2Cc2ccccc2OC)cc1.COc1ccccc1C=O. The number of carbonyl (C=O) groups is 2. The molecule has 0 fully saturated rings. The Kier molecular flexibility index (Phi) is 8.79. The van der Waals surface area contributed by atoms with Crippen LogP contribution in [0.3, 0.4) is 0 Å². The number of carbonyl (C=O) groups excluding carboxylic acids is 2. The number of hydrogen-bond donors (Lipinski definition) is 1. The Morgan fingerprint density at radius 3 is 2.19 bits per heavy atom. The second-order valence-electron chi connectivity index (χ2n) is 9.43. The monoisotopic (exact) mass is 596 g/mol. The summed E-state index contributed by atoms with van der Waals surface area (Å²) in [6.45, 7) is 0. The fourth-order valence-electron chi connectivity index (χ4n) is 4.83. The van der Waals surface area contributed by atoms with E-state index < -0.39 is 11.8 Å². The van der Waals surface area contributed by atoms with Crippen LogP contribution in [0.15, 0.2) is 96.6 Å². The fourth-order valence-corrected chi connectivity index (χ4v) is 5.35. The molecule has 1 aliphatic rings. The van der Waals surface area contributed by atoms with Crippen molar-refractivity contribution >= 4 is 40.6 Å². The van der Waals surface area contributed by atoms with Gasteiger partial charge in [0.25, 0.3) is 5.79 Å². The number of ether oxygens (including phenoxy) is 4. The number of nitrogens with zero attached hydrogens (tertiary/aromatic N) is 2. The van der Waals surface area contributed by atoms with Crippen molar-refractivity contribution in [2.24, 2.45) is 0 Å². The van der Waals surface area contributed by atoms with E-state index in [4.69, 9.17) is 18.9 Å². The molecule has 0 saturated carbocycles. The van der Waals surface area contributed by atoms with Gasteiger partial charge < -0.3 is 24.1 Å². The third kappa shape index (κ3) is 5.97. The number of aromatic nitrogens is 2. The number of para-hydroxylation sites is 2. The molecule has 2 heterocycles. The quantitative estimate of drug-likeness (QED) is 0.180. The summed E-state index contributed by atoms with van der Waals surface area (Å²) < 4.78 is 29.8. The number of cyclic esters (lactones) is 1. The van der Waals surface area contributed by atoms with Gasteiger partial charge in [0.1, 0.15) is 28.3 Å². The van der Waals surface area contributed by atoms with Gasteiger partial charge >= 0.3 is 5.97 Å². The van der Waals surface area contributed by atoms with Crippen LogP contribution < -0.4 is 14.2 Å². The van der Waals surface area contributed by atoms with Crippen LogP contribution >= 0.6 is 11.7 Å². The van der Waals surface area contributed by atoms with E-state index >= 15 is 0 Å². The minimum atomic E-state index is -1.95. The van der Waals surface area contributed by atoms with Gasteiger partial charge in [0, 0.05) is 17.6 Å². The first-order valence-electron chi connectivity index (χ1n) is 13.2. The molecule has 6 rings (SSSR count). The van der Waals surface area contributed by atoms with Crippen LogP contribution in [0.4, 0.5) is 0 Å². The Bertz CT molecular complexity index is 1800. The number of fused-ring (bicyclic) bond motifs is 1. The highest BCUT2D eigenvalue weighted by molar-refractivity contribution is 7.00. The van der Waals surface area contributed by atoms with Crippen molar-refractivity contribution in [2.45, 2.75) is 12.2 Å². The number of benzene rings is 4. The molecular formula is C33H28N2O7S. The Balaban J connectivity index is 0.000000314. The molecule has 43 heavy (non-hydrogen) atoms. The molecule has 0 aliphatic carbocycles. The van der Waals surface area contributed by atoms with Crippen molar-refractivity contribution in [1.29, 1.82) is 0 Å². The molecule has 218 valence electrons. The number of rotatable bonds is 8. The van der Waals surface area contributed by atoms with Gasteiger partial charge in [0.05, 0.1) is 44.2 Å². The molecule has 1 aromatic heterocycles. The van der Waals surface area contributed by atoms with Crippen molar-refractivity contribution in [3.63, 3.8) is 0 Å². The number of aldehydes is 1. The van der Waals surface area contributed by atoms with Crippen molar-refractivity contribution < 1.29 is 33.6 Å². The van der Waals surface area contributed by atoms with Crippen LogP contribution in [0.2, 0.25) is 0 Å². The van der Waals surface area contributed by atoms with Crippen LogP contribution in [-0.4, -0.2) is 47.4 Å². The lowest BCUT2D eigenvalue weighted by molar-refractivity contribution is -0.185. The van der Waals surface area contributed by atoms with Crippen molar-refractivity contribution in [3.05, 3.63) is 119 Å². The lowest BCUT2D eigenvalue weighted by Crippen LogP contribution is -2.29. The van der Waals surface area contributed by atoms with Gasteiger partial charge in [-0.3, -0.25) is 4.79 Å². The van der Waals surface area contributed by atoms with Gasteiger partial charge in [0.2, 0.25) is 0 Å². The molecule has 5 aromatic rings. The molecule has 10 heteroatoms. The zero-order valence-corrected chi connectivity index (χ0v) is 24.5. The molecule has 1 N–H and O–H groups in total. The standard InChI is InChI=1S/C25H20N2O5S.C8H8O2/c1-30-18-10-8-17(9-11-18)25(29)19(13-15-5-3-4-6-22(15)31-2)23(24(28)32-25)16-7-12-20-21(14-16)27-33-26-20;1-10-8-5-3-2-4-7(8)6-9/h3-12,14,29H,13H2,1-2H3;2-6H,1H3. The minimum Gasteiger partial charge on any atom is -0.497 e. The highest BCUT2D eigenvalue weighted by Gasteiger charge is 2.48. The molecule has 4 aromatic carbocycles. The van der Waals surface area contributed by atoms with Crippen LogP contribution in [-0.2, 0) is 21.7 Å². The van der Waals surface area contributed by atoms with Crippen LogP contribution in [0.25, 0.3) is 16.6 Å². The number of aliphatic hydroxyl groups is 1. The summed E-state index contributed by atoms with van der Waals surface area (Å²) >= 11 is 1.10. The zero-order valence-electron chi connectivity index (χ0n) is 23.6. The first-order chi connectivity index (χ1) is 20.9. The topological polar surface area (TPSA) is 117 Å². The Labute approximate surface area is 252 Å². The van der Waals surface area contributed by atoms with Crippen molar-refractivity contribution in [2.75, 3.05) is 21.3 Å². The number of hydrogen-bond acceptors (Lipinski definition) is 10. The maximum absolute atomic E-state index is 13.2. The molecule has 9 nitrogen and oxygen atoms in total. The highest BCUT2D eigenvalue weighted by Crippen LogP contribution is 2.46. The molecule has 0 radical (unpaired) electrons. The molecule has 1 atom stereocenters. The maximum Gasteiger partial charge on any atom is 0.342 e. The van der Waals surface area contributed by atoms with E-state index in [0.29, 0.717) is 50.6 Å². The first kappa shape index (κ1) is 29.4. The van der Waals surface area contributed by atoms with Crippen LogP contribution in [0, 0.1) is 0 Å². The molecule has 0 bridgehead atoms. The average molecular weight is 597 g/mol. The summed E-state index contributed by atoms with van der Waals surface area (Å²) in [6.07, 6.45) is 1.01. The van der Waals surface area contributed by atoms with Gasteiger partial charge in [-0.25, -0.2) is 4.79 Å². The zero-order chi connectivity index (χ0) is 30.4. The summed E-state index contributed by atoms with van der Waals surface area (Å²) in [5.41, 5.74) is 4.57. The summed E-state index contributed by atoms with van der Waals surface area (Å²) in [5.74, 6) is -0.656. The predicted molar refractivity (Wildman–Crippen MR) is 162 cm³/mol. The van der Waals surface area contributed by atoms with E-state index in [9.17, 15) is 14.7 Å². The first-order valence-corrected chi connectivity index (χ1v) is 13.9. The molecule has 0 amide bonds. The molecule has 0 spiro atoms. The average Bonchev–Trinajstić information content (AvgIpc) is 3.62. The van der Waals surface area contributed by atoms with Crippen molar-refractivity contribution in [3.8, 4) is 17.2 Å². The third-order valence-electron chi connectivity index (χ3n) is 7.00. The van der Waals surface area contributed by atoms with Crippen LogP contribution in [0.5, 0.6) is 17.2 Å². The minimum absolute atomic E-state index is 0.237. The Hall–Kier alpha value is -5.06. The maximum atomic E-state index is 13.2. The summed E-state index contributed by atoms with van der Waals surface area (Å²) in [4.78, 5) is 23.5. The van der Waals surface area contributed by atoms with Crippen LogP contribution in [0.1, 0.15) is 27.0 Å².